The van der Waals surface area contributed by atoms with Crippen LogP contribution in [0.5, 0.6) is 5.75 Å². The Hall–Kier alpha value is -2.59. The van der Waals surface area contributed by atoms with Gasteiger partial charge in [0.25, 0.3) is 0 Å². The Balaban J connectivity index is 1.90. The first-order valence-electron chi connectivity index (χ1n) is 8.44. The molecule has 0 aliphatic rings. The number of H-pyrrole nitrogens is 1. The molecule has 0 radical (unpaired) electrons. The number of carbonyl (C=O) groups excluding carboxylic acids is 1. The number of hydrogen-bond donors (Lipinski definition) is 3. The van der Waals surface area contributed by atoms with Crippen molar-refractivity contribution in [3.05, 3.63) is 30.1 Å². The molecular formula is C16H20Cl2N6O4. The lowest BCUT2D eigenvalue weighted by Gasteiger charge is -2.23. The number of aromatic nitrogens is 4. The predicted molar refractivity (Wildman–Crippen MR) is 103 cm³/mol. The highest BCUT2D eigenvalue weighted by Crippen LogP contribution is 2.20. The minimum atomic E-state index is -1.18. The topological polar surface area (TPSA) is 133 Å². The molecule has 1 aromatic carbocycles. The number of aromatic amines is 1. The smallest absolute Gasteiger partial charge is 0.413 e. The van der Waals surface area contributed by atoms with Crippen molar-refractivity contribution in [1.29, 1.82) is 0 Å². The van der Waals surface area contributed by atoms with E-state index in [0.29, 0.717) is 30.7 Å². The van der Waals surface area contributed by atoms with Gasteiger partial charge in [-0.05, 0) is 41.1 Å². The molecule has 1 aromatic heterocycles. The Morgan fingerprint density at radius 1 is 1.21 bits per heavy atom. The summed E-state index contributed by atoms with van der Waals surface area (Å²) in [6.45, 7) is 1.27. The Kier molecular flexibility index (Phi) is 8.76. The number of hydrogen-bond acceptors (Lipinski definition) is 7. The van der Waals surface area contributed by atoms with Crippen molar-refractivity contribution in [1.82, 2.24) is 25.9 Å². The maximum absolute atomic E-state index is 12.0. The quantitative estimate of drug-likeness (QED) is 0.458. The third-order valence-corrected chi connectivity index (χ3v) is 4.11. The van der Waals surface area contributed by atoms with Gasteiger partial charge in [-0.15, -0.1) is 28.3 Å². The fourth-order valence-electron chi connectivity index (χ4n) is 2.40. The van der Waals surface area contributed by atoms with Gasteiger partial charge in [-0.2, -0.15) is 0 Å². The number of amides is 1. The molecule has 0 bridgehead atoms. The lowest BCUT2D eigenvalue weighted by atomic mass is 10.1. The molecule has 0 saturated heterocycles. The van der Waals surface area contributed by atoms with E-state index in [1.54, 1.807) is 24.3 Å². The molecule has 0 aliphatic carbocycles. The summed E-state index contributed by atoms with van der Waals surface area (Å²) >= 11 is 11.6. The van der Waals surface area contributed by atoms with Gasteiger partial charge >= 0.3 is 12.1 Å². The highest BCUT2D eigenvalue weighted by atomic mass is 35.5. The maximum Gasteiger partial charge on any atom is 0.413 e. The molecule has 1 unspecified atom stereocenters. The molecule has 10 nitrogen and oxygen atoms in total. The molecule has 2 rings (SSSR count). The first kappa shape index (κ1) is 21.7. The number of carboxylic acids is 1. The Labute approximate surface area is 171 Å². The average Bonchev–Trinajstić information content (AvgIpc) is 3.19. The maximum atomic E-state index is 12.0. The van der Waals surface area contributed by atoms with E-state index in [1.807, 2.05) is 4.90 Å². The van der Waals surface area contributed by atoms with E-state index in [0.717, 1.165) is 5.69 Å². The van der Waals surface area contributed by atoms with Crippen LogP contribution < -0.4 is 15.0 Å². The molecule has 28 heavy (non-hydrogen) atoms. The van der Waals surface area contributed by atoms with Crippen LogP contribution in [0.25, 0.3) is 0 Å². The number of carboxylic acid groups (broad SMARTS) is 1. The molecule has 152 valence electrons. The van der Waals surface area contributed by atoms with E-state index in [-0.39, 0.29) is 18.6 Å². The van der Waals surface area contributed by atoms with Crippen LogP contribution in [0.4, 0.5) is 10.5 Å². The third-order valence-electron chi connectivity index (χ3n) is 3.77. The number of halogens is 2. The van der Waals surface area contributed by atoms with Crippen LogP contribution in [0, 0.1) is 0 Å². The zero-order valence-corrected chi connectivity index (χ0v) is 16.4. The van der Waals surface area contributed by atoms with Gasteiger partial charge in [0.15, 0.2) is 0 Å². The zero-order valence-electron chi connectivity index (χ0n) is 14.8. The molecule has 12 heteroatoms. The largest absolute Gasteiger partial charge is 0.480 e. The van der Waals surface area contributed by atoms with Crippen molar-refractivity contribution < 1.29 is 19.4 Å². The second-order valence-electron chi connectivity index (χ2n) is 5.67. The van der Waals surface area contributed by atoms with Gasteiger partial charge in [-0.3, -0.25) is 0 Å². The predicted octanol–water partition coefficient (Wildman–Crippen LogP) is 1.66. The number of nitrogens with one attached hydrogen (secondary N) is 2. The Morgan fingerprint density at radius 2 is 1.89 bits per heavy atom. The third kappa shape index (κ3) is 6.86. The summed E-state index contributed by atoms with van der Waals surface area (Å²) in [6, 6.07) is 5.63. The average molecular weight is 431 g/mol. The van der Waals surface area contributed by atoms with Crippen molar-refractivity contribution >= 4 is 41.0 Å². The van der Waals surface area contributed by atoms with Crippen LogP contribution in [0.15, 0.2) is 24.3 Å². The van der Waals surface area contributed by atoms with E-state index in [9.17, 15) is 14.7 Å². The van der Waals surface area contributed by atoms with Crippen molar-refractivity contribution in [2.75, 3.05) is 29.7 Å². The normalized spacial score (nSPS) is 11.6. The second kappa shape index (κ2) is 11.3. The molecule has 3 N–H and O–H groups in total. The number of aryl methyl sites for hydroxylation is 1. The van der Waals surface area contributed by atoms with E-state index in [1.165, 1.54) is 0 Å². The first-order chi connectivity index (χ1) is 13.5. The Morgan fingerprint density at radius 3 is 2.43 bits per heavy atom. The summed E-state index contributed by atoms with van der Waals surface area (Å²) in [5.74, 6) is 0.436. The second-order valence-corrected chi connectivity index (χ2v) is 6.43. The van der Waals surface area contributed by atoms with Crippen LogP contribution in [0.2, 0.25) is 0 Å². The van der Waals surface area contributed by atoms with Gasteiger partial charge < -0.3 is 20.1 Å². The van der Waals surface area contributed by atoms with Gasteiger partial charge in [0.05, 0.1) is 0 Å². The van der Waals surface area contributed by atoms with E-state index in [2.05, 4.69) is 25.9 Å². The summed E-state index contributed by atoms with van der Waals surface area (Å²) < 4.78 is 5.15. The van der Waals surface area contributed by atoms with Crippen LogP contribution >= 0.6 is 23.2 Å². The van der Waals surface area contributed by atoms with Gasteiger partial charge in [0.1, 0.15) is 17.6 Å². The molecule has 0 fully saturated rings. The van der Waals surface area contributed by atoms with E-state index < -0.39 is 18.1 Å². The van der Waals surface area contributed by atoms with Crippen molar-refractivity contribution in [3.63, 3.8) is 0 Å². The number of rotatable bonds is 11. The van der Waals surface area contributed by atoms with Gasteiger partial charge in [0, 0.05) is 37.0 Å². The number of benzene rings is 1. The number of alkyl halides is 2. The monoisotopic (exact) mass is 430 g/mol. The number of nitrogens with zero attached hydrogens (tertiary/aromatic N) is 4. The molecular weight excluding hydrogens is 411 g/mol. The fourth-order valence-corrected chi connectivity index (χ4v) is 2.81. The first-order valence-corrected chi connectivity index (χ1v) is 9.51. The number of anilines is 1. The summed E-state index contributed by atoms with van der Waals surface area (Å²) in [5, 5.41) is 24.6. The molecule has 1 atom stereocenters. The SMILES string of the molecule is O=C(NC(CCc1nnn[nH]1)C(=O)O)Oc1ccc(N(CCCl)CCCl)cc1. The number of carbonyl (C=O) groups is 2. The lowest BCUT2D eigenvalue weighted by molar-refractivity contribution is -0.139. The van der Waals surface area contributed by atoms with E-state index >= 15 is 0 Å². The van der Waals surface area contributed by atoms with Gasteiger partial charge in [0.2, 0.25) is 0 Å². The number of ether oxygens (including phenoxy) is 1. The summed E-state index contributed by atoms with van der Waals surface area (Å²) in [5.41, 5.74) is 0.887. The molecule has 1 amide bonds. The molecule has 2 aromatic rings. The minimum absolute atomic E-state index is 0.103. The van der Waals surface area contributed by atoms with Gasteiger partial charge in [-0.25, -0.2) is 14.7 Å². The van der Waals surface area contributed by atoms with Crippen molar-refractivity contribution in [3.8, 4) is 5.75 Å². The minimum Gasteiger partial charge on any atom is -0.480 e. The van der Waals surface area contributed by atoms with Crippen LogP contribution in [-0.2, 0) is 11.2 Å². The lowest BCUT2D eigenvalue weighted by Crippen LogP contribution is -2.42. The highest BCUT2D eigenvalue weighted by Gasteiger charge is 2.21. The number of aliphatic carboxylic acids is 1. The standard InChI is InChI=1S/C16H20Cl2N6O4/c17-7-9-24(10-8-18)11-1-3-12(4-2-11)28-16(27)19-13(15(25)26)5-6-14-20-22-23-21-14/h1-4,13H,5-10H2,(H,19,27)(H,25,26)(H,20,21,22,23). The Bertz CT molecular complexity index is 738. The summed E-state index contributed by atoms with van der Waals surface area (Å²) in [4.78, 5) is 25.4. The molecule has 0 saturated carbocycles. The van der Waals surface area contributed by atoms with Crippen molar-refractivity contribution in [2.24, 2.45) is 0 Å². The summed E-state index contributed by atoms with van der Waals surface area (Å²) in [7, 11) is 0. The number of tetrazole rings is 1. The fraction of sp³-hybridized carbons (Fsp3) is 0.438. The van der Waals surface area contributed by atoms with Crippen molar-refractivity contribution in [2.45, 2.75) is 18.9 Å². The molecule has 0 aliphatic heterocycles. The van der Waals surface area contributed by atoms with Crippen LogP contribution in [0.1, 0.15) is 12.2 Å². The summed E-state index contributed by atoms with van der Waals surface area (Å²) in [6.07, 6.45) is -0.503. The highest BCUT2D eigenvalue weighted by molar-refractivity contribution is 6.18. The zero-order chi connectivity index (χ0) is 20.4. The van der Waals surface area contributed by atoms with Crippen LogP contribution in [0.3, 0.4) is 0 Å². The molecule has 1 heterocycles. The van der Waals surface area contributed by atoms with Crippen LogP contribution in [-0.4, -0.2) is 68.7 Å². The molecule has 0 spiro atoms. The van der Waals surface area contributed by atoms with E-state index in [4.69, 9.17) is 27.9 Å². The van der Waals surface area contributed by atoms with Gasteiger partial charge in [-0.1, -0.05) is 0 Å².